The smallest absolute Gasteiger partial charge is 0.274 e. The van der Waals surface area contributed by atoms with Crippen molar-refractivity contribution in [3.8, 4) is 16.9 Å². The standard InChI is InChI=1S/C23H26N4O4S/c1-24-14-16-6-8-17(9-7-16)27-22-18-4-2-3-5-20(18)32(29,30)15-19(22)21(25-27)23(28)26-10-12-31-13-11-26/h2-9,24,29-30H,10-15H2,1H3. The number of rotatable bonds is 4. The number of hydrogen-bond donors (Lipinski definition) is 3. The Hall–Kier alpha value is -2.69. The summed E-state index contributed by atoms with van der Waals surface area (Å²) in [5, 5.41) is 7.87. The molecule has 3 heterocycles. The lowest BCUT2D eigenvalue weighted by Crippen LogP contribution is -2.41. The molecule has 2 aliphatic rings. The van der Waals surface area contributed by atoms with Crippen LogP contribution >= 0.6 is 10.6 Å². The molecule has 3 N–H and O–H groups in total. The van der Waals surface area contributed by atoms with E-state index in [9.17, 15) is 13.9 Å². The number of amides is 1. The quantitative estimate of drug-likeness (QED) is 0.559. The molecule has 1 fully saturated rings. The molecule has 0 aliphatic carbocycles. The summed E-state index contributed by atoms with van der Waals surface area (Å²) in [7, 11) is -1.18. The van der Waals surface area contributed by atoms with Gasteiger partial charge in [-0.05, 0) is 30.8 Å². The lowest BCUT2D eigenvalue weighted by atomic mass is 10.0. The topological polar surface area (TPSA) is 99.9 Å². The number of aromatic nitrogens is 2. The van der Waals surface area contributed by atoms with Crippen molar-refractivity contribution in [2.24, 2.45) is 0 Å². The molecule has 8 nitrogen and oxygen atoms in total. The molecule has 2 aliphatic heterocycles. The number of carbonyl (C=O) groups excluding carboxylic acids is 1. The van der Waals surface area contributed by atoms with Gasteiger partial charge in [0.2, 0.25) is 0 Å². The first kappa shape index (κ1) is 21.2. The third-order valence-corrected chi connectivity index (χ3v) is 7.64. The lowest BCUT2D eigenvalue weighted by molar-refractivity contribution is 0.0298. The summed E-state index contributed by atoms with van der Waals surface area (Å²) in [6.45, 7) is 2.71. The van der Waals surface area contributed by atoms with Gasteiger partial charge in [-0.25, -0.2) is 4.68 Å². The molecule has 1 aromatic heterocycles. The van der Waals surface area contributed by atoms with E-state index in [0.717, 1.165) is 23.5 Å². The molecule has 1 saturated heterocycles. The zero-order valence-electron chi connectivity index (χ0n) is 17.8. The van der Waals surface area contributed by atoms with Crippen LogP contribution in [0.2, 0.25) is 0 Å². The lowest BCUT2D eigenvalue weighted by Gasteiger charge is -2.38. The second-order valence-electron chi connectivity index (χ2n) is 8.00. The average molecular weight is 455 g/mol. The third-order valence-electron chi connectivity index (χ3n) is 5.89. The van der Waals surface area contributed by atoms with Crippen LogP contribution in [0.3, 0.4) is 0 Å². The Morgan fingerprint density at radius 3 is 2.56 bits per heavy atom. The first-order valence-electron chi connectivity index (χ1n) is 10.6. The van der Waals surface area contributed by atoms with Crippen molar-refractivity contribution in [1.82, 2.24) is 20.0 Å². The predicted octanol–water partition coefficient (Wildman–Crippen LogP) is 3.35. The molecule has 0 atom stereocenters. The van der Waals surface area contributed by atoms with Gasteiger partial charge in [0.15, 0.2) is 5.69 Å². The number of morpholine rings is 1. The van der Waals surface area contributed by atoms with Crippen LogP contribution in [0.5, 0.6) is 0 Å². The fourth-order valence-electron chi connectivity index (χ4n) is 4.32. The van der Waals surface area contributed by atoms with Gasteiger partial charge in [-0.15, -0.1) is 0 Å². The molecule has 9 heteroatoms. The van der Waals surface area contributed by atoms with E-state index in [-0.39, 0.29) is 17.4 Å². The zero-order valence-corrected chi connectivity index (χ0v) is 18.6. The summed E-state index contributed by atoms with van der Waals surface area (Å²) in [4.78, 5) is 15.6. The molecule has 3 aromatic rings. The van der Waals surface area contributed by atoms with Crippen molar-refractivity contribution in [1.29, 1.82) is 0 Å². The van der Waals surface area contributed by atoms with Gasteiger partial charge in [-0.3, -0.25) is 13.9 Å². The minimum atomic E-state index is -3.08. The number of hydrogen-bond acceptors (Lipinski definition) is 6. The summed E-state index contributed by atoms with van der Waals surface area (Å²) in [5.74, 6) is -0.229. The number of ether oxygens (including phenoxy) is 1. The minimum absolute atomic E-state index is 0.0252. The summed E-state index contributed by atoms with van der Waals surface area (Å²) >= 11 is 0. The van der Waals surface area contributed by atoms with E-state index in [1.807, 2.05) is 43.4 Å². The Balaban J connectivity index is 1.68. The highest BCUT2D eigenvalue weighted by Crippen LogP contribution is 2.59. The molecule has 0 saturated carbocycles. The van der Waals surface area contributed by atoms with Crippen LogP contribution < -0.4 is 5.32 Å². The van der Waals surface area contributed by atoms with Crippen molar-refractivity contribution in [2.45, 2.75) is 17.2 Å². The predicted molar refractivity (Wildman–Crippen MR) is 123 cm³/mol. The van der Waals surface area contributed by atoms with Crippen molar-refractivity contribution >= 4 is 16.5 Å². The largest absolute Gasteiger partial charge is 0.378 e. The number of carbonyl (C=O) groups is 1. The van der Waals surface area contributed by atoms with Crippen LogP contribution in [-0.2, 0) is 17.0 Å². The van der Waals surface area contributed by atoms with Crippen molar-refractivity contribution in [3.05, 3.63) is 65.4 Å². The van der Waals surface area contributed by atoms with Crippen LogP contribution in [0.1, 0.15) is 21.6 Å². The Labute approximate surface area is 188 Å². The maximum Gasteiger partial charge on any atom is 0.274 e. The van der Waals surface area contributed by atoms with Gasteiger partial charge in [0.1, 0.15) is 0 Å². The zero-order chi connectivity index (χ0) is 22.3. The molecule has 0 unspecified atom stereocenters. The average Bonchev–Trinajstić information content (AvgIpc) is 3.18. The Morgan fingerprint density at radius 2 is 1.84 bits per heavy atom. The van der Waals surface area contributed by atoms with E-state index in [0.29, 0.717) is 42.3 Å². The van der Waals surface area contributed by atoms with Crippen LogP contribution in [0, 0.1) is 0 Å². The highest BCUT2D eigenvalue weighted by molar-refractivity contribution is 8.23. The van der Waals surface area contributed by atoms with E-state index < -0.39 is 10.6 Å². The normalized spacial score (nSPS) is 18.0. The first-order valence-corrected chi connectivity index (χ1v) is 12.3. The van der Waals surface area contributed by atoms with Crippen LogP contribution in [-0.4, -0.2) is 63.0 Å². The van der Waals surface area contributed by atoms with Crippen LogP contribution in [0.15, 0.2) is 53.4 Å². The fraction of sp³-hybridized carbons (Fsp3) is 0.304. The van der Waals surface area contributed by atoms with E-state index >= 15 is 0 Å². The third kappa shape index (κ3) is 3.62. The van der Waals surface area contributed by atoms with Gasteiger partial charge in [0.05, 0.1) is 35.2 Å². The number of benzene rings is 2. The van der Waals surface area contributed by atoms with E-state index in [4.69, 9.17) is 9.84 Å². The monoisotopic (exact) mass is 454 g/mol. The molecule has 0 radical (unpaired) electrons. The molecule has 2 aromatic carbocycles. The van der Waals surface area contributed by atoms with Gasteiger partial charge < -0.3 is 15.0 Å². The van der Waals surface area contributed by atoms with Gasteiger partial charge in [0.25, 0.3) is 5.91 Å². The summed E-state index contributed by atoms with van der Waals surface area (Å²) in [6.07, 6.45) is 0. The van der Waals surface area contributed by atoms with Gasteiger partial charge >= 0.3 is 0 Å². The summed E-state index contributed by atoms with van der Waals surface area (Å²) in [5.41, 5.74) is 4.24. The molecule has 0 bridgehead atoms. The van der Waals surface area contributed by atoms with Crippen LogP contribution in [0.25, 0.3) is 16.9 Å². The number of nitrogens with one attached hydrogen (secondary N) is 1. The van der Waals surface area contributed by atoms with Gasteiger partial charge in [0, 0.05) is 30.8 Å². The molecule has 168 valence electrons. The molecule has 5 rings (SSSR count). The minimum Gasteiger partial charge on any atom is -0.378 e. The van der Waals surface area contributed by atoms with Gasteiger partial charge in [-0.1, -0.05) is 30.3 Å². The maximum absolute atomic E-state index is 13.4. The Bertz CT molecular complexity index is 1150. The number of nitrogens with zero attached hydrogens (tertiary/aromatic N) is 3. The van der Waals surface area contributed by atoms with Gasteiger partial charge in [-0.2, -0.15) is 15.7 Å². The van der Waals surface area contributed by atoms with E-state index in [2.05, 4.69) is 5.32 Å². The molecular weight excluding hydrogens is 428 g/mol. The van der Waals surface area contributed by atoms with E-state index in [1.54, 1.807) is 21.7 Å². The second kappa shape index (κ2) is 8.34. The van der Waals surface area contributed by atoms with Crippen molar-refractivity contribution in [3.63, 3.8) is 0 Å². The Kier molecular flexibility index (Phi) is 5.52. The maximum atomic E-state index is 13.4. The summed E-state index contributed by atoms with van der Waals surface area (Å²) in [6, 6.07) is 15.2. The molecular formula is C23H26N4O4S. The Morgan fingerprint density at radius 1 is 1.12 bits per heavy atom. The molecule has 1 amide bonds. The van der Waals surface area contributed by atoms with E-state index in [1.165, 1.54) is 0 Å². The van der Waals surface area contributed by atoms with Crippen LogP contribution in [0.4, 0.5) is 0 Å². The first-order chi connectivity index (χ1) is 15.5. The summed E-state index contributed by atoms with van der Waals surface area (Å²) < 4.78 is 29.0. The number of fused-ring (bicyclic) bond motifs is 3. The fourth-order valence-corrected chi connectivity index (χ4v) is 5.97. The van der Waals surface area contributed by atoms with Crippen molar-refractivity contribution in [2.75, 3.05) is 33.4 Å². The highest BCUT2D eigenvalue weighted by atomic mass is 32.3. The molecule has 32 heavy (non-hydrogen) atoms. The van der Waals surface area contributed by atoms with Crippen molar-refractivity contribution < 1.29 is 18.6 Å². The highest BCUT2D eigenvalue weighted by Gasteiger charge is 2.37. The molecule has 0 spiro atoms. The SMILES string of the molecule is CNCc1ccc(-n2nc(C(=O)N3CCOCC3)c3c2-c2ccccc2S(O)(O)C3)cc1. The second-order valence-corrected chi connectivity index (χ2v) is 10.1.